The van der Waals surface area contributed by atoms with Gasteiger partial charge < -0.3 is 19.6 Å². The molecule has 0 aliphatic carbocycles. The molecule has 0 spiro atoms. The molecule has 5 heteroatoms. The molecule has 4 rings (SSSR count). The highest BCUT2D eigenvalue weighted by Gasteiger charge is 2.16. The predicted octanol–water partition coefficient (Wildman–Crippen LogP) is 5.56. The number of H-pyrrole nitrogens is 1. The Morgan fingerprint density at radius 2 is 1.46 bits per heavy atom. The number of aromatic nitrogens is 2. The number of methoxy groups -OCH3 is 1. The number of phenols is 1. The summed E-state index contributed by atoms with van der Waals surface area (Å²) in [5.41, 5.74) is 3.20. The molecule has 0 saturated carbocycles. The normalized spacial score (nSPS) is 10.6. The van der Waals surface area contributed by atoms with E-state index in [4.69, 9.17) is 14.5 Å². The Bertz CT molecular complexity index is 1100. The van der Waals surface area contributed by atoms with Gasteiger partial charge in [-0.25, -0.2) is 4.98 Å². The van der Waals surface area contributed by atoms with Crippen LogP contribution in [-0.2, 0) is 0 Å². The lowest BCUT2D eigenvalue weighted by molar-refractivity contribution is 0.413. The highest BCUT2D eigenvalue weighted by Crippen LogP contribution is 2.36. The summed E-state index contributed by atoms with van der Waals surface area (Å²) in [5.74, 6) is 2.99. The highest BCUT2D eigenvalue weighted by molar-refractivity contribution is 5.74. The van der Waals surface area contributed by atoms with Gasteiger partial charge in [-0.05, 0) is 55.5 Å². The highest BCUT2D eigenvalue weighted by atomic mass is 16.5. The first kappa shape index (κ1) is 17.7. The zero-order chi connectivity index (χ0) is 19.5. The van der Waals surface area contributed by atoms with E-state index in [1.807, 2.05) is 67.6 Å². The zero-order valence-electron chi connectivity index (χ0n) is 15.6. The number of aromatic amines is 1. The molecule has 0 fully saturated rings. The Morgan fingerprint density at radius 3 is 2.18 bits per heavy atom. The number of hydrogen-bond acceptors (Lipinski definition) is 4. The summed E-state index contributed by atoms with van der Waals surface area (Å²) in [6, 6.07) is 22.3. The third-order valence-corrected chi connectivity index (χ3v) is 4.47. The number of aromatic hydroxyl groups is 1. The molecule has 2 N–H and O–H groups in total. The minimum atomic E-state index is 0.186. The molecule has 1 aromatic heterocycles. The van der Waals surface area contributed by atoms with Crippen molar-refractivity contribution in [2.75, 3.05) is 7.11 Å². The molecule has 0 aliphatic rings. The van der Waals surface area contributed by atoms with Gasteiger partial charge in [0.25, 0.3) is 0 Å². The van der Waals surface area contributed by atoms with Gasteiger partial charge in [-0.1, -0.05) is 24.3 Å². The SMILES string of the molecule is COc1ccc(Oc2ccccc2-c2nc(-c3ccccc3O)[nH]c2C)cc1. The molecule has 0 radical (unpaired) electrons. The predicted molar refractivity (Wildman–Crippen MR) is 109 cm³/mol. The maximum atomic E-state index is 10.1. The van der Waals surface area contributed by atoms with Crippen molar-refractivity contribution < 1.29 is 14.6 Å². The Balaban J connectivity index is 1.71. The second kappa shape index (κ2) is 7.48. The van der Waals surface area contributed by atoms with Crippen LogP contribution in [0, 0.1) is 6.92 Å². The number of nitrogens with one attached hydrogen (secondary N) is 1. The quantitative estimate of drug-likeness (QED) is 0.481. The molecule has 3 aromatic carbocycles. The molecular formula is C23H20N2O3. The number of rotatable bonds is 5. The van der Waals surface area contributed by atoms with E-state index in [1.165, 1.54) is 0 Å². The number of nitrogens with zero attached hydrogens (tertiary/aromatic N) is 1. The number of benzene rings is 3. The van der Waals surface area contributed by atoms with Crippen molar-refractivity contribution in [1.29, 1.82) is 0 Å². The second-order valence-electron chi connectivity index (χ2n) is 6.35. The minimum absolute atomic E-state index is 0.186. The fourth-order valence-electron chi connectivity index (χ4n) is 3.05. The van der Waals surface area contributed by atoms with Gasteiger partial charge in [0.2, 0.25) is 0 Å². The Morgan fingerprint density at radius 1 is 0.821 bits per heavy atom. The lowest BCUT2D eigenvalue weighted by atomic mass is 10.1. The molecule has 4 aromatic rings. The van der Waals surface area contributed by atoms with Gasteiger partial charge in [-0.2, -0.15) is 0 Å². The first-order valence-electron chi connectivity index (χ1n) is 8.92. The summed E-state index contributed by atoms with van der Waals surface area (Å²) in [6.07, 6.45) is 0. The number of phenolic OH excluding ortho intramolecular Hbond substituents is 1. The van der Waals surface area contributed by atoms with Gasteiger partial charge in [0.05, 0.1) is 18.4 Å². The number of aryl methyl sites for hydroxylation is 1. The van der Waals surface area contributed by atoms with E-state index < -0.39 is 0 Å². The molecule has 0 unspecified atom stereocenters. The maximum Gasteiger partial charge on any atom is 0.142 e. The smallest absolute Gasteiger partial charge is 0.142 e. The molecule has 0 saturated heterocycles. The van der Waals surface area contributed by atoms with Crippen LogP contribution in [0.15, 0.2) is 72.8 Å². The average Bonchev–Trinajstić information content (AvgIpc) is 3.10. The summed E-state index contributed by atoms with van der Waals surface area (Å²) >= 11 is 0. The molecule has 28 heavy (non-hydrogen) atoms. The van der Waals surface area contributed by atoms with Crippen LogP contribution in [0.25, 0.3) is 22.6 Å². The van der Waals surface area contributed by atoms with Crippen LogP contribution in [0.2, 0.25) is 0 Å². The summed E-state index contributed by atoms with van der Waals surface area (Å²) in [7, 11) is 1.63. The van der Waals surface area contributed by atoms with Crippen molar-refractivity contribution in [2.45, 2.75) is 6.92 Å². The van der Waals surface area contributed by atoms with Crippen LogP contribution in [0.3, 0.4) is 0 Å². The number of hydrogen-bond donors (Lipinski definition) is 2. The van der Waals surface area contributed by atoms with Gasteiger partial charge in [0.15, 0.2) is 0 Å². The average molecular weight is 372 g/mol. The van der Waals surface area contributed by atoms with Crippen LogP contribution in [0.4, 0.5) is 0 Å². The van der Waals surface area contributed by atoms with Crippen molar-refractivity contribution in [3.63, 3.8) is 0 Å². The molecule has 5 nitrogen and oxygen atoms in total. The van der Waals surface area contributed by atoms with E-state index in [0.717, 1.165) is 22.7 Å². The van der Waals surface area contributed by atoms with Crippen molar-refractivity contribution in [2.24, 2.45) is 0 Å². The second-order valence-corrected chi connectivity index (χ2v) is 6.35. The maximum absolute atomic E-state index is 10.1. The fourth-order valence-corrected chi connectivity index (χ4v) is 3.05. The van der Waals surface area contributed by atoms with Crippen molar-refractivity contribution in [3.05, 3.63) is 78.5 Å². The molecule has 140 valence electrons. The summed E-state index contributed by atoms with van der Waals surface area (Å²) < 4.78 is 11.3. The van der Waals surface area contributed by atoms with Crippen LogP contribution in [0.1, 0.15) is 5.69 Å². The number of imidazole rings is 1. The van der Waals surface area contributed by atoms with Crippen molar-refractivity contribution >= 4 is 0 Å². The number of para-hydroxylation sites is 2. The lowest BCUT2D eigenvalue weighted by Crippen LogP contribution is -1.90. The van der Waals surface area contributed by atoms with E-state index in [2.05, 4.69) is 4.98 Å². The van der Waals surface area contributed by atoms with Gasteiger partial charge >= 0.3 is 0 Å². The van der Waals surface area contributed by atoms with Crippen LogP contribution in [0.5, 0.6) is 23.0 Å². The molecule has 0 amide bonds. The Hall–Kier alpha value is -3.73. The molecular weight excluding hydrogens is 352 g/mol. The first-order chi connectivity index (χ1) is 13.7. The van der Waals surface area contributed by atoms with Crippen LogP contribution < -0.4 is 9.47 Å². The topological polar surface area (TPSA) is 67.4 Å². The Labute approximate surface area is 163 Å². The summed E-state index contributed by atoms with van der Waals surface area (Å²) in [4.78, 5) is 7.99. The van der Waals surface area contributed by atoms with Gasteiger partial charge in [-0.15, -0.1) is 0 Å². The monoisotopic (exact) mass is 372 g/mol. The summed E-state index contributed by atoms with van der Waals surface area (Å²) in [5, 5.41) is 10.1. The molecule has 1 heterocycles. The van der Waals surface area contributed by atoms with E-state index >= 15 is 0 Å². The third-order valence-electron chi connectivity index (χ3n) is 4.47. The van der Waals surface area contributed by atoms with Crippen molar-refractivity contribution in [3.8, 4) is 45.6 Å². The van der Waals surface area contributed by atoms with Crippen LogP contribution >= 0.6 is 0 Å². The standard InChI is InChI=1S/C23H20N2O3/c1-15-22(25-23(24-15)18-7-3-5-9-20(18)26)19-8-4-6-10-21(19)28-17-13-11-16(27-2)12-14-17/h3-14,26H,1-2H3,(H,24,25). The van der Waals surface area contributed by atoms with E-state index in [0.29, 0.717) is 22.9 Å². The molecule has 0 aliphatic heterocycles. The minimum Gasteiger partial charge on any atom is -0.507 e. The van der Waals surface area contributed by atoms with E-state index in [9.17, 15) is 5.11 Å². The number of ether oxygens (including phenoxy) is 2. The lowest BCUT2D eigenvalue weighted by Gasteiger charge is -2.11. The first-order valence-corrected chi connectivity index (χ1v) is 8.92. The third kappa shape index (κ3) is 3.42. The summed E-state index contributed by atoms with van der Waals surface area (Å²) in [6.45, 7) is 1.95. The van der Waals surface area contributed by atoms with Gasteiger partial charge in [0, 0.05) is 11.3 Å². The van der Waals surface area contributed by atoms with E-state index in [1.54, 1.807) is 19.2 Å². The van der Waals surface area contributed by atoms with Crippen molar-refractivity contribution in [1.82, 2.24) is 9.97 Å². The largest absolute Gasteiger partial charge is 0.507 e. The van der Waals surface area contributed by atoms with Gasteiger partial charge in [-0.3, -0.25) is 0 Å². The molecule has 0 bridgehead atoms. The Kier molecular flexibility index (Phi) is 4.72. The van der Waals surface area contributed by atoms with E-state index in [-0.39, 0.29) is 5.75 Å². The zero-order valence-corrected chi connectivity index (χ0v) is 15.6. The van der Waals surface area contributed by atoms with Gasteiger partial charge in [0.1, 0.15) is 28.8 Å². The fraction of sp³-hybridized carbons (Fsp3) is 0.0870. The molecule has 0 atom stereocenters. The van der Waals surface area contributed by atoms with Crippen LogP contribution in [-0.4, -0.2) is 22.2 Å².